The van der Waals surface area contributed by atoms with Crippen molar-refractivity contribution in [3.05, 3.63) is 53.5 Å². The highest BCUT2D eigenvalue weighted by Gasteiger charge is 2.56. The molecular formula is C36H51FN4O3. The number of benzene rings is 1. The van der Waals surface area contributed by atoms with E-state index >= 15 is 0 Å². The Bertz CT molecular complexity index is 1260. The molecule has 0 aromatic heterocycles. The second-order valence-electron chi connectivity index (χ2n) is 14.3. The van der Waals surface area contributed by atoms with Crippen LogP contribution >= 0.6 is 0 Å². The molecule has 0 radical (unpaired) electrons. The van der Waals surface area contributed by atoms with E-state index in [2.05, 4.69) is 22.0 Å². The van der Waals surface area contributed by atoms with Gasteiger partial charge in [0.05, 0.1) is 11.2 Å². The minimum Gasteiger partial charge on any atom is -0.387 e. The predicted molar refractivity (Wildman–Crippen MR) is 171 cm³/mol. The Morgan fingerprint density at radius 3 is 2.45 bits per heavy atom. The molecule has 8 heteroatoms. The summed E-state index contributed by atoms with van der Waals surface area (Å²) in [5.41, 5.74) is 0.212. The van der Waals surface area contributed by atoms with Gasteiger partial charge in [-0.1, -0.05) is 76.1 Å². The van der Waals surface area contributed by atoms with E-state index in [1.807, 2.05) is 17.2 Å². The lowest BCUT2D eigenvalue weighted by molar-refractivity contribution is -0.162. The van der Waals surface area contributed by atoms with Crippen LogP contribution in [-0.2, 0) is 9.59 Å². The van der Waals surface area contributed by atoms with Crippen LogP contribution in [0.2, 0.25) is 0 Å². The summed E-state index contributed by atoms with van der Waals surface area (Å²) in [6.07, 6.45) is 15.7. The average Bonchev–Trinajstić information content (AvgIpc) is 3.53. The van der Waals surface area contributed by atoms with E-state index in [1.165, 1.54) is 38.2 Å². The van der Waals surface area contributed by atoms with Crippen LogP contribution in [0, 0.1) is 23.1 Å². The Kier molecular flexibility index (Phi) is 9.48. The van der Waals surface area contributed by atoms with Crippen LogP contribution in [0.3, 0.4) is 0 Å². The Labute approximate surface area is 262 Å². The number of carbonyl (C=O) groups is 2. The zero-order valence-corrected chi connectivity index (χ0v) is 26.5. The first-order valence-corrected chi connectivity index (χ1v) is 17.2. The molecular weight excluding hydrogens is 555 g/mol. The monoisotopic (exact) mass is 606 g/mol. The van der Waals surface area contributed by atoms with Gasteiger partial charge in [-0.05, 0) is 43.2 Å². The largest absolute Gasteiger partial charge is 0.387 e. The van der Waals surface area contributed by atoms with Gasteiger partial charge in [0.1, 0.15) is 5.82 Å². The quantitative estimate of drug-likeness (QED) is 0.459. The number of β-amino-alcohol motifs (C(OH)–C–C–N with tert-alkyl or cyclic N) is 1. The van der Waals surface area contributed by atoms with Crippen LogP contribution in [0.25, 0.3) is 5.57 Å². The van der Waals surface area contributed by atoms with Crippen LogP contribution in [-0.4, -0.2) is 89.6 Å². The average molecular weight is 607 g/mol. The molecule has 5 aliphatic rings. The normalized spacial score (nSPS) is 26.8. The van der Waals surface area contributed by atoms with Gasteiger partial charge < -0.3 is 25.1 Å². The van der Waals surface area contributed by atoms with Gasteiger partial charge >= 0.3 is 0 Å². The highest BCUT2D eigenvalue weighted by Crippen LogP contribution is 2.52. The van der Waals surface area contributed by atoms with Gasteiger partial charge in [0.25, 0.3) is 5.91 Å². The van der Waals surface area contributed by atoms with Crippen molar-refractivity contribution in [1.29, 1.82) is 0 Å². The molecule has 1 spiro atoms. The fourth-order valence-corrected chi connectivity index (χ4v) is 8.83. The molecule has 2 saturated carbocycles. The molecule has 2 atom stereocenters. The van der Waals surface area contributed by atoms with Crippen LogP contribution in [0.4, 0.5) is 4.39 Å². The first kappa shape index (κ1) is 31.3. The van der Waals surface area contributed by atoms with Gasteiger partial charge in [-0.15, -0.1) is 0 Å². The van der Waals surface area contributed by atoms with Crippen molar-refractivity contribution in [2.45, 2.75) is 83.2 Å². The zero-order valence-electron chi connectivity index (χ0n) is 26.5. The lowest BCUT2D eigenvalue weighted by Crippen LogP contribution is -2.64. The molecule has 0 bridgehead atoms. The molecule has 7 nitrogen and oxygen atoms in total. The molecule has 3 aliphatic heterocycles. The number of nitrogens with one attached hydrogen (secondary N) is 1. The molecule has 1 aromatic rings. The van der Waals surface area contributed by atoms with E-state index in [4.69, 9.17) is 0 Å². The van der Waals surface area contributed by atoms with E-state index in [0.717, 1.165) is 45.2 Å². The summed E-state index contributed by atoms with van der Waals surface area (Å²) >= 11 is 0. The molecule has 2 saturated heterocycles. The van der Waals surface area contributed by atoms with E-state index in [9.17, 15) is 19.1 Å². The Morgan fingerprint density at radius 1 is 1.00 bits per heavy atom. The number of aliphatic hydroxyl groups is 1. The number of nitrogens with zero attached hydrogens (tertiary/aromatic N) is 3. The number of likely N-dealkylation sites (tertiary alicyclic amines) is 1. The van der Waals surface area contributed by atoms with Gasteiger partial charge in [-0.3, -0.25) is 9.59 Å². The van der Waals surface area contributed by atoms with Crippen molar-refractivity contribution in [3.63, 3.8) is 0 Å². The summed E-state index contributed by atoms with van der Waals surface area (Å²) in [6, 6.07) is 6.64. The third kappa shape index (κ3) is 6.34. The summed E-state index contributed by atoms with van der Waals surface area (Å²) in [5.74, 6) is 0.498. The minimum absolute atomic E-state index is 0.0215. The maximum Gasteiger partial charge on any atom is 0.256 e. The van der Waals surface area contributed by atoms with Crippen molar-refractivity contribution in [2.75, 3.05) is 52.4 Å². The lowest BCUT2D eigenvalue weighted by Gasteiger charge is -2.54. The van der Waals surface area contributed by atoms with Crippen molar-refractivity contribution in [1.82, 2.24) is 20.0 Å². The third-order valence-corrected chi connectivity index (χ3v) is 11.4. The summed E-state index contributed by atoms with van der Waals surface area (Å²) in [7, 11) is 0. The second-order valence-corrected chi connectivity index (χ2v) is 14.3. The summed E-state index contributed by atoms with van der Waals surface area (Å²) in [4.78, 5) is 33.6. The predicted octanol–water partition coefficient (Wildman–Crippen LogP) is 4.97. The van der Waals surface area contributed by atoms with E-state index in [-0.39, 0.29) is 29.0 Å². The Balaban J connectivity index is 1.21. The van der Waals surface area contributed by atoms with E-state index in [1.54, 1.807) is 18.2 Å². The zero-order chi connectivity index (χ0) is 30.7. The highest BCUT2D eigenvalue weighted by atomic mass is 19.1. The first-order chi connectivity index (χ1) is 21.3. The molecule has 2 amide bonds. The number of amides is 2. The number of piperidine rings is 1. The number of hydrogen-bond donors (Lipinski definition) is 2. The molecule has 3 heterocycles. The van der Waals surface area contributed by atoms with Gasteiger partial charge in [0.15, 0.2) is 0 Å². The van der Waals surface area contributed by atoms with Gasteiger partial charge in [0.2, 0.25) is 5.91 Å². The Hall–Kier alpha value is -2.71. The minimum atomic E-state index is -0.976. The summed E-state index contributed by atoms with van der Waals surface area (Å²) in [5, 5.41) is 15.8. The number of halogens is 1. The first-order valence-electron chi connectivity index (χ1n) is 17.2. The van der Waals surface area contributed by atoms with Gasteiger partial charge in [-0.25, -0.2) is 4.39 Å². The fraction of sp³-hybridized carbons (Fsp3) is 0.667. The number of piperazine rings is 1. The molecule has 4 fully saturated rings. The summed E-state index contributed by atoms with van der Waals surface area (Å²) < 4.78 is 15.0. The molecule has 6 rings (SSSR count). The number of hydrogen-bond acceptors (Lipinski definition) is 5. The molecule has 2 aliphatic carbocycles. The van der Waals surface area contributed by atoms with Crippen molar-refractivity contribution in [2.24, 2.45) is 17.3 Å². The van der Waals surface area contributed by atoms with Crippen LogP contribution in [0.1, 0.15) is 83.1 Å². The molecule has 240 valence electrons. The SMILES string of the molecule is C[C@H](CC1CCCCC1)C(=O)N1CC[C@@](O)(CN2C=C(C(=O)N3CCNCC3)C(c3ccccc3F)=CC2)C2(CCCC2)C1. The van der Waals surface area contributed by atoms with Crippen molar-refractivity contribution >= 4 is 17.4 Å². The van der Waals surface area contributed by atoms with Crippen molar-refractivity contribution in [3.8, 4) is 0 Å². The standard InChI is InChI=1S/C36H51FN4O3/c1-27(23-28-9-3-2-4-10-28)33(42)41-20-16-36(44,35(25-41)14-7-8-15-35)26-39-19-13-29(30-11-5-6-12-32(30)37)31(24-39)34(43)40-21-17-38-18-22-40/h5-6,11-13,24,27-28,38,44H,2-4,7-10,14-23,25-26H2,1H3/t27-,36-/m1/s1. The van der Waals surface area contributed by atoms with E-state index in [0.29, 0.717) is 68.3 Å². The number of rotatable bonds is 7. The summed E-state index contributed by atoms with van der Waals surface area (Å²) in [6.45, 7) is 6.84. The fourth-order valence-electron chi connectivity index (χ4n) is 8.83. The van der Waals surface area contributed by atoms with Crippen molar-refractivity contribution < 1.29 is 19.1 Å². The topological polar surface area (TPSA) is 76.1 Å². The third-order valence-electron chi connectivity index (χ3n) is 11.4. The molecule has 44 heavy (non-hydrogen) atoms. The van der Waals surface area contributed by atoms with E-state index < -0.39 is 5.60 Å². The number of carbonyl (C=O) groups excluding carboxylic acids is 2. The highest BCUT2D eigenvalue weighted by molar-refractivity contribution is 6.09. The molecule has 1 aromatic carbocycles. The second kappa shape index (κ2) is 13.3. The van der Waals surface area contributed by atoms with Crippen LogP contribution in [0.5, 0.6) is 0 Å². The maximum atomic E-state index is 15.0. The lowest BCUT2D eigenvalue weighted by atomic mass is 9.65. The maximum absolute atomic E-state index is 15.0. The smallest absolute Gasteiger partial charge is 0.256 e. The van der Waals surface area contributed by atoms with Gasteiger partial charge in [-0.2, -0.15) is 0 Å². The molecule has 2 N–H and O–H groups in total. The Morgan fingerprint density at radius 2 is 1.73 bits per heavy atom. The van der Waals surface area contributed by atoms with Gasteiger partial charge in [0, 0.05) is 75.5 Å². The van der Waals surface area contributed by atoms with Crippen LogP contribution < -0.4 is 5.32 Å². The van der Waals surface area contributed by atoms with Crippen LogP contribution in [0.15, 0.2) is 42.1 Å². The molecule has 0 unspecified atom stereocenters.